The Morgan fingerprint density at radius 1 is 0.700 bits per heavy atom. The summed E-state index contributed by atoms with van der Waals surface area (Å²) in [5.74, 6) is -1.02. The van der Waals surface area contributed by atoms with Gasteiger partial charge in [-0.3, -0.25) is 14.4 Å². The van der Waals surface area contributed by atoms with E-state index in [1.165, 1.54) is 47.5 Å². The van der Waals surface area contributed by atoms with Gasteiger partial charge in [-0.1, -0.05) is 0 Å². The number of hydrogen-bond acceptors (Lipinski definition) is 10. The topological polar surface area (TPSA) is 138 Å². The van der Waals surface area contributed by atoms with Crippen LogP contribution in [0.5, 0.6) is 34.5 Å². The highest BCUT2D eigenvalue weighted by Gasteiger charge is 2.36. The van der Waals surface area contributed by atoms with E-state index in [-0.39, 0.29) is 62.6 Å². The van der Waals surface area contributed by atoms with Crippen molar-refractivity contribution in [2.24, 2.45) is 0 Å². The molecular weight excluding hydrogens is 520 g/mol. The highest BCUT2D eigenvalue weighted by atomic mass is 16.5. The second-order valence-electron chi connectivity index (χ2n) is 9.65. The Kier molecular flexibility index (Phi) is 5.38. The number of ether oxygens (including phenoxy) is 5. The Balaban J connectivity index is 2.17. The van der Waals surface area contributed by atoms with Crippen molar-refractivity contribution in [3.8, 4) is 34.5 Å². The van der Waals surface area contributed by atoms with Crippen molar-refractivity contribution in [2.75, 3.05) is 28.4 Å². The molecule has 0 fully saturated rings. The number of allylic oxidation sites excluding steroid dienone is 1. The van der Waals surface area contributed by atoms with Crippen LogP contribution in [0.15, 0.2) is 27.3 Å². The van der Waals surface area contributed by atoms with Crippen LogP contribution < -0.4 is 29.8 Å². The average molecular weight is 545 g/mol. The van der Waals surface area contributed by atoms with Crippen molar-refractivity contribution in [3.05, 3.63) is 49.3 Å². The molecule has 10 nitrogen and oxygen atoms in total. The van der Waals surface area contributed by atoms with Crippen LogP contribution in [0.4, 0.5) is 0 Å². The predicted molar refractivity (Wildman–Crippen MR) is 149 cm³/mol. The number of rotatable bonds is 5. The number of carbonyl (C=O) groups excluding carboxylic acids is 1. The summed E-state index contributed by atoms with van der Waals surface area (Å²) in [6.07, 6.45) is 0.124. The van der Waals surface area contributed by atoms with Crippen LogP contribution in [0.3, 0.4) is 0 Å². The zero-order chi connectivity index (χ0) is 28.8. The van der Waals surface area contributed by atoms with Gasteiger partial charge in [0.05, 0.1) is 44.8 Å². The zero-order valence-corrected chi connectivity index (χ0v) is 22.5. The fraction of sp³-hybridized carbons (Fsp3) is 0.233. The molecule has 0 saturated heterocycles. The molecule has 204 valence electrons. The van der Waals surface area contributed by atoms with E-state index >= 15 is 0 Å². The molecule has 10 heteroatoms. The van der Waals surface area contributed by atoms with Crippen molar-refractivity contribution in [3.63, 3.8) is 0 Å². The first kappa shape index (κ1) is 25.3. The number of aromatic hydroxyl groups is 2. The van der Waals surface area contributed by atoms with Gasteiger partial charge in [0, 0.05) is 58.0 Å². The molecule has 6 rings (SSSR count). The van der Waals surface area contributed by atoms with Crippen LogP contribution >= 0.6 is 0 Å². The van der Waals surface area contributed by atoms with E-state index in [4.69, 9.17) is 23.7 Å². The fourth-order valence-corrected chi connectivity index (χ4v) is 6.22. The van der Waals surface area contributed by atoms with E-state index in [0.29, 0.717) is 38.1 Å². The van der Waals surface area contributed by atoms with E-state index in [1.54, 1.807) is 6.92 Å². The summed E-state index contributed by atoms with van der Waals surface area (Å²) in [5, 5.41) is 25.1. The first-order valence-electron chi connectivity index (χ1n) is 12.3. The number of hydrogen-bond donors (Lipinski definition) is 2. The molecule has 0 unspecified atom stereocenters. The monoisotopic (exact) mass is 544 g/mol. The molecule has 0 bridgehead atoms. The normalized spacial score (nSPS) is 13.1. The lowest BCUT2D eigenvalue weighted by Crippen LogP contribution is -2.10. The molecule has 0 radical (unpaired) electrons. The van der Waals surface area contributed by atoms with Crippen molar-refractivity contribution in [1.82, 2.24) is 0 Å². The highest BCUT2D eigenvalue weighted by molar-refractivity contribution is 6.39. The molecule has 1 aliphatic rings. The zero-order valence-electron chi connectivity index (χ0n) is 22.5. The van der Waals surface area contributed by atoms with Crippen LogP contribution in [0, 0.1) is 0 Å². The van der Waals surface area contributed by atoms with Crippen molar-refractivity contribution < 1.29 is 38.7 Å². The van der Waals surface area contributed by atoms with Gasteiger partial charge in [0.2, 0.25) is 0 Å². The predicted octanol–water partition coefficient (Wildman–Crippen LogP) is 4.19. The largest absolute Gasteiger partial charge is 0.504 e. The number of benzene rings is 5. The van der Waals surface area contributed by atoms with Gasteiger partial charge < -0.3 is 33.9 Å². The lowest BCUT2D eigenvalue weighted by molar-refractivity contribution is -0.134. The molecule has 0 saturated carbocycles. The van der Waals surface area contributed by atoms with Gasteiger partial charge in [0.25, 0.3) is 0 Å². The SMILES string of the molecule is COc1c(O)c2c(=O)cc(OC)c3c4c(OC)cc(=O)c5c(O)c(OC)c6c(c(c1CC(C)=C6OC(C)=O)c23)c54. The smallest absolute Gasteiger partial charge is 0.308 e. The minimum Gasteiger partial charge on any atom is -0.504 e. The van der Waals surface area contributed by atoms with E-state index in [0.717, 1.165) is 0 Å². The van der Waals surface area contributed by atoms with Gasteiger partial charge in [-0.2, -0.15) is 0 Å². The third kappa shape index (κ3) is 2.95. The summed E-state index contributed by atoms with van der Waals surface area (Å²) in [4.78, 5) is 39.3. The number of phenolic OH excluding ortho intramolecular Hbond substituents is 2. The Morgan fingerprint density at radius 2 is 1.20 bits per heavy atom. The molecule has 0 aliphatic heterocycles. The number of esters is 1. The highest BCUT2D eigenvalue weighted by Crippen LogP contribution is 2.58. The van der Waals surface area contributed by atoms with Gasteiger partial charge in [-0.25, -0.2) is 0 Å². The quantitative estimate of drug-likeness (QED) is 0.188. The van der Waals surface area contributed by atoms with Crippen molar-refractivity contribution >= 4 is 54.8 Å². The fourth-order valence-electron chi connectivity index (χ4n) is 6.22. The molecule has 40 heavy (non-hydrogen) atoms. The minimum atomic E-state index is -0.621. The second kappa shape index (κ2) is 8.51. The molecule has 0 atom stereocenters. The summed E-state index contributed by atoms with van der Waals surface area (Å²) in [6.45, 7) is 2.98. The average Bonchev–Trinajstić information content (AvgIpc) is 3.03. The summed E-state index contributed by atoms with van der Waals surface area (Å²) in [6, 6.07) is 2.49. The van der Waals surface area contributed by atoms with Gasteiger partial charge >= 0.3 is 5.97 Å². The van der Waals surface area contributed by atoms with Gasteiger partial charge in [-0.15, -0.1) is 0 Å². The van der Waals surface area contributed by atoms with E-state index in [9.17, 15) is 24.6 Å². The second-order valence-corrected chi connectivity index (χ2v) is 9.65. The molecule has 0 amide bonds. The van der Waals surface area contributed by atoms with E-state index in [1.807, 2.05) is 0 Å². The summed E-state index contributed by atoms with van der Waals surface area (Å²) >= 11 is 0. The van der Waals surface area contributed by atoms with Crippen molar-refractivity contribution in [2.45, 2.75) is 20.3 Å². The lowest BCUT2D eigenvalue weighted by atomic mass is 9.83. The minimum absolute atomic E-state index is 0.0231. The first-order valence-corrected chi connectivity index (χ1v) is 12.3. The molecule has 1 aliphatic carbocycles. The van der Waals surface area contributed by atoms with Crippen LogP contribution in [-0.4, -0.2) is 44.6 Å². The molecule has 2 N–H and O–H groups in total. The Labute approximate surface area is 226 Å². The van der Waals surface area contributed by atoms with Gasteiger partial charge in [0.1, 0.15) is 17.3 Å². The number of phenols is 2. The maximum absolute atomic E-state index is 13.5. The van der Waals surface area contributed by atoms with Gasteiger partial charge in [0.15, 0.2) is 33.9 Å². The van der Waals surface area contributed by atoms with Gasteiger partial charge in [-0.05, 0) is 17.9 Å². The maximum atomic E-state index is 13.5. The standard InChI is InChI=1S/C30H24O10/c1-10-7-12-17-22-18(26(34)29(12)38-5)13(32)8-15(36-3)20(22)21-16(37-4)9-14(33)19-24(21)23(17)25(28(10)40-11(2)31)30(39-6)27(19)35/h8-9,34-35H,7H2,1-6H3. The van der Waals surface area contributed by atoms with E-state index < -0.39 is 22.6 Å². The summed E-state index contributed by atoms with van der Waals surface area (Å²) in [7, 11) is 5.50. The lowest BCUT2D eigenvalue weighted by Gasteiger charge is -2.24. The maximum Gasteiger partial charge on any atom is 0.308 e. The number of methoxy groups -OCH3 is 4. The molecule has 0 spiro atoms. The van der Waals surface area contributed by atoms with Crippen LogP contribution in [0.1, 0.15) is 25.0 Å². The first-order chi connectivity index (χ1) is 19.1. The van der Waals surface area contributed by atoms with Crippen molar-refractivity contribution in [1.29, 1.82) is 0 Å². The Morgan fingerprint density at radius 3 is 1.68 bits per heavy atom. The number of carbonyl (C=O) groups is 1. The Hall–Kier alpha value is -4.99. The third-order valence-corrected chi connectivity index (χ3v) is 7.62. The number of fused-ring (bicyclic) bond motifs is 1. The van der Waals surface area contributed by atoms with Crippen LogP contribution in [0.2, 0.25) is 0 Å². The molecule has 0 heterocycles. The summed E-state index contributed by atoms with van der Waals surface area (Å²) in [5.41, 5.74) is 0.180. The molecule has 5 aromatic carbocycles. The summed E-state index contributed by atoms with van der Waals surface area (Å²) < 4.78 is 28.4. The molecule has 0 aromatic heterocycles. The molecular formula is C30H24O10. The van der Waals surface area contributed by atoms with Crippen LogP contribution in [0.25, 0.3) is 48.8 Å². The van der Waals surface area contributed by atoms with E-state index in [2.05, 4.69) is 0 Å². The van der Waals surface area contributed by atoms with Crippen LogP contribution in [-0.2, 0) is 16.0 Å². The Bertz CT molecular complexity index is 2090. The molecule has 5 aromatic rings. The third-order valence-electron chi connectivity index (χ3n) is 7.62.